The van der Waals surface area contributed by atoms with Gasteiger partial charge in [-0.25, -0.2) is 14.4 Å². The van der Waals surface area contributed by atoms with Crippen molar-refractivity contribution in [2.75, 3.05) is 23.8 Å². The first kappa shape index (κ1) is 13.6. The number of nitrogens with two attached hydrogens (primary N) is 1. The third-order valence-corrected chi connectivity index (χ3v) is 3.59. The molecule has 3 heterocycles. The number of nitrogen functional groups attached to an aromatic ring is 1. The van der Waals surface area contributed by atoms with Gasteiger partial charge < -0.3 is 10.3 Å². The van der Waals surface area contributed by atoms with E-state index in [1.54, 1.807) is 34.1 Å². The summed E-state index contributed by atoms with van der Waals surface area (Å²) in [5.41, 5.74) is 7.46. The summed E-state index contributed by atoms with van der Waals surface area (Å²) in [5.74, 6) is 0.357. The van der Waals surface area contributed by atoms with E-state index in [4.69, 9.17) is 5.73 Å². The highest BCUT2D eigenvalue weighted by Gasteiger charge is 2.20. The average molecular weight is 312 g/mol. The van der Waals surface area contributed by atoms with E-state index in [0.29, 0.717) is 42.2 Å². The maximum atomic E-state index is 13.9. The Morgan fingerprint density at radius 1 is 1.22 bits per heavy atom. The molecular weight excluding hydrogens is 299 g/mol. The van der Waals surface area contributed by atoms with Gasteiger partial charge in [-0.1, -0.05) is 23.4 Å². The van der Waals surface area contributed by atoms with Crippen molar-refractivity contribution in [1.29, 1.82) is 0 Å². The van der Waals surface area contributed by atoms with E-state index in [1.807, 2.05) is 0 Å². The van der Waals surface area contributed by atoms with E-state index in [0.717, 1.165) is 0 Å². The molecular formula is C14H13FN8. The van der Waals surface area contributed by atoms with Crippen LogP contribution < -0.4 is 10.7 Å². The quantitative estimate of drug-likeness (QED) is 0.795. The third-order valence-electron chi connectivity index (χ3n) is 3.59. The van der Waals surface area contributed by atoms with Crippen LogP contribution in [0.2, 0.25) is 0 Å². The molecule has 4 rings (SSSR count). The number of benzene rings is 1. The maximum Gasteiger partial charge on any atom is 0.224 e. The van der Waals surface area contributed by atoms with Gasteiger partial charge in [0.2, 0.25) is 5.95 Å². The van der Waals surface area contributed by atoms with Crippen LogP contribution in [-0.2, 0) is 6.54 Å². The zero-order valence-electron chi connectivity index (χ0n) is 12.1. The van der Waals surface area contributed by atoms with Crippen LogP contribution in [0.1, 0.15) is 5.56 Å². The zero-order chi connectivity index (χ0) is 15.8. The summed E-state index contributed by atoms with van der Waals surface area (Å²) in [4.78, 5) is 12.8. The number of anilines is 2. The fourth-order valence-electron chi connectivity index (χ4n) is 2.51. The number of nitrogens with zero attached hydrogens (tertiary/aromatic N) is 7. The molecule has 0 spiro atoms. The fraction of sp³-hybridized carbons (Fsp3) is 0.214. The molecule has 1 aliphatic rings. The maximum absolute atomic E-state index is 13.9. The van der Waals surface area contributed by atoms with E-state index >= 15 is 0 Å². The van der Waals surface area contributed by atoms with Crippen molar-refractivity contribution in [2.45, 2.75) is 6.54 Å². The predicted octanol–water partition coefficient (Wildman–Crippen LogP) is 1.78. The number of rotatable bonds is 3. The van der Waals surface area contributed by atoms with E-state index < -0.39 is 0 Å². The Morgan fingerprint density at radius 3 is 2.87 bits per heavy atom. The van der Waals surface area contributed by atoms with Crippen LogP contribution >= 0.6 is 0 Å². The minimum atomic E-state index is -0.273. The Balaban J connectivity index is 1.80. The minimum absolute atomic E-state index is 0.116. The molecule has 0 atom stereocenters. The molecule has 1 aromatic carbocycles. The van der Waals surface area contributed by atoms with Crippen LogP contribution in [0.15, 0.2) is 40.9 Å². The van der Waals surface area contributed by atoms with Crippen molar-refractivity contribution in [3.8, 4) is 0 Å². The molecule has 0 fully saturated rings. The lowest BCUT2D eigenvalue weighted by molar-refractivity contribution is 0.601. The Labute approximate surface area is 130 Å². The molecule has 9 heteroatoms. The molecule has 0 saturated heterocycles. The molecule has 2 N–H and O–H groups in total. The Morgan fingerprint density at radius 2 is 2.09 bits per heavy atom. The zero-order valence-corrected chi connectivity index (χ0v) is 12.1. The van der Waals surface area contributed by atoms with Gasteiger partial charge in [0, 0.05) is 5.56 Å². The van der Waals surface area contributed by atoms with Crippen LogP contribution in [0.4, 0.5) is 16.2 Å². The van der Waals surface area contributed by atoms with E-state index in [9.17, 15) is 4.39 Å². The van der Waals surface area contributed by atoms with Crippen LogP contribution in [0.5, 0.6) is 0 Å². The van der Waals surface area contributed by atoms with Crippen molar-refractivity contribution >= 4 is 22.9 Å². The van der Waals surface area contributed by atoms with Crippen molar-refractivity contribution in [1.82, 2.24) is 19.5 Å². The summed E-state index contributed by atoms with van der Waals surface area (Å²) in [6, 6.07) is 6.59. The summed E-state index contributed by atoms with van der Waals surface area (Å²) in [6.45, 7) is 1.52. The standard InChI is InChI=1S/C14H13FN8/c15-10-4-2-1-3-9(10)7-22-8-17-11-12(22)19-14(16)20-13(11)23-6-5-18-21-23/h1-4,8H,5-7H2,(H2,16,19,20). The van der Waals surface area contributed by atoms with E-state index in [-0.39, 0.29) is 11.8 Å². The summed E-state index contributed by atoms with van der Waals surface area (Å²) < 4.78 is 15.6. The highest BCUT2D eigenvalue weighted by Crippen LogP contribution is 2.25. The lowest BCUT2D eigenvalue weighted by atomic mass is 10.2. The highest BCUT2D eigenvalue weighted by atomic mass is 19.1. The largest absolute Gasteiger partial charge is 0.368 e. The second-order valence-corrected chi connectivity index (χ2v) is 5.12. The molecule has 0 bridgehead atoms. The van der Waals surface area contributed by atoms with Gasteiger partial charge in [0.15, 0.2) is 17.0 Å². The molecule has 2 aromatic heterocycles. The summed E-state index contributed by atoms with van der Waals surface area (Å²) >= 11 is 0. The highest BCUT2D eigenvalue weighted by molar-refractivity contribution is 5.84. The first-order valence-electron chi connectivity index (χ1n) is 7.09. The van der Waals surface area contributed by atoms with Gasteiger partial charge in [-0.3, -0.25) is 0 Å². The molecule has 23 heavy (non-hydrogen) atoms. The summed E-state index contributed by atoms with van der Waals surface area (Å²) in [7, 11) is 0. The second kappa shape index (κ2) is 5.27. The van der Waals surface area contributed by atoms with Gasteiger partial charge in [0.1, 0.15) is 5.82 Å². The molecule has 0 aliphatic carbocycles. The molecule has 3 aromatic rings. The third kappa shape index (κ3) is 2.35. The number of aromatic nitrogens is 4. The monoisotopic (exact) mass is 312 g/mol. The van der Waals surface area contributed by atoms with Gasteiger partial charge in [-0.2, -0.15) is 15.1 Å². The van der Waals surface area contributed by atoms with E-state index in [1.165, 1.54) is 6.07 Å². The summed E-state index contributed by atoms with van der Waals surface area (Å²) in [6.07, 6.45) is 1.60. The number of hydrogen-bond acceptors (Lipinski definition) is 7. The molecule has 0 amide bonds. The second-order valence-electron chi connectivity index (χ2n) is 5.12. The summed E-state index contributed by atoms with van der Waals surface area (Å²) in [5, 5.41) is 9.58. The van der Waals surface area contributed by atoms with Crippen molar-refractivity contribution < 1.29 is 4.39 Å². The molecule has 1 aliphatic heterocycles. The number of halogens is 1. The van der Waals surface area contributed by atoms with Crippen LogP contribution in [0.25, 0.3) is 11.2 Å². The lowest BCUT2D eigenvalue weighted by Gasteiger charge is -2.11. The topological polar surface area (TPSA) is 97.6 Å². The number of hydrogen-bond donors (Lipinski definition) is 1. The van der Waals surface area contributed by atoms with Crippen molar-refractivity contribution in [2.24, 2.45) is 10.3 Å². The normalized spacial score (nSPS) is 14.0. The fourth-order valence-corrected chi connectivity index (χ4v) is 2.51. The molecule has 0 unspecified atom stereocenters. The predicted molar refractivity (Wildman–Crippen MR) is 82.3 cm³/mol. The Bertz CT molecular complexity index is 903. The minimum Gasteiger partial charge on any atom is -0.368 e. The number of fused-ring (bicyclic) bond motifs is 1. The van der Waals surface area contributed by atoms with Gasteiger partial charge in [-0.15, -0.1) is 0 Å². The van der Waals surface area contributed by atoms with Gasteiger partial charge >= 0.3 is 0 Å². The van der Waals surface area contributed by atoms with Gasteiger partial charge in [-0.05, 0) is 6.07 Å². The Hall–Kier alpha value is -3.10. The SMILES string of the molecule is Nc1nc(N2CCN=N2)c2ncn(Cc3ccccc3F)c2n1. The van der Waals surface area contributed by atoms with Gasteiger partial charge in [0.05, 0.1) is 26.0 Å². The smallest absolute Gasteiger partial charge is 0.224 e. The average Bonchev–Trinajstić information content (AvgIpc) is 3.19. The van der Waals surface area contributed by atoms with E-state index in [2.05, 4.69) is 25.3 Å². The lowest BCUT2D eigenvalue weighted by Crippen LogP contribution is -2.17. The number of imidazole rings is 1. The Kier molecular flexibility index (Phi) is 3.11. The van der Waals surface area contributed by atoms with Gasteiger partial charge in [0.25, 0.3) is 0 Å². The van der Waals surface area contributed by atoms with Crippen LogP contribution in [-0.4, -0.2) is 32.6 Å². The first-order chi connectivity index (χ1) is 11.2. The van der Waals surface area contributed by atoms with Crippen LogP contribution in [0.3, 0.4) is 0 Å². The molecule has 0 radical (unpaired) electrons. The molecule has 116 valence electrons. The molecule has 0 saturated carbocycles. The van der Waals surface area contributed by atoms with Crippen molar-refractivity contribution in [3.63, 3.8) is 0 Å². The first-order valence-corrected chi connectivity index (χ1v) is 7.09. The molecule has 8 nitrogen and oxygen atoms in total. The van der Waals surface area contributed by atoms with Crippen LogP contribution in [0, 0.1) is 5.82 Å². The van der Waals surface area contributed by atoms with Crippen molar-refractivity contribution in [3.05, 3.63) is 42.0 Å².